The highest BCUT2D eigenvalue weighted by Crippen LogP contribution is 1.92. The lowest BCUT2D eigenvalue weighted by Crippen LogP contribution is -2.41. The first-order chi connectivity index (χ1) is 4.09. The Balaban J connectivity index is 3.72. The molecule has 0 bridgehead atoms. The molecule has 4 nitrogen and oxygen atoms in total. The molecule has 0 heterocycles. The van der Waals surface area contributed by atoms with Gasteiger partial charge in [0.15, 0.2) is 0 Å². The zero-order chi connectivity index (χ0) is 7.44. The molecule has 0 aromatic rings. The monoisotopic (exact) mass is 132 g/mol. The van der Waals surface area contributed by atoms with Gasteiger partial charge in [-0.1, -0.05) is 6.92 Å². The first-order valence-electron chi connectivity index (χ1n) is 2.81. The van der Waals surface area contributed by atoms with E-state index >= 15 is 0 Å². The molecule has 0 aliphatic rings. The van der Waals surface area contributed by atoms with Crippen molar-refractivity contribution in [2.24, 2.45) is 5.73 Å². The quantitative estimate of drug-likeness (QED) is 0.531. The lowest BCUT2D eigenvalue weighted by molar-refractivity contribution is 0.138. The van der Waals surface area contributed by atoms with Gasteiger partial charge >= 0.3 is 6.09 Å². The molecule has 0 saturated carbocycles. The van der Waals surface area contributed by atoms with Crippen molar-refractivity contribution in [1.82, 2.24) is 4.90 Å². The SMILES string of the molecule is CCC(N)N(C)C(=O)O. The maximum absolute atomic E-state index is 10.1. The molecule has 0 radical (unpaired) electrons. The van der Waals surface area contributed by atoms with Gasteiger partial charge in [0, 0.05) is 7.05 Å². The Bertz CT molecular complexity index is 105. The summed E-state index contributed by atoms with van der Waals surface area (Å²) in [6.07, 6.45) is -0.713. The van der Waals surface area contributed by atoms with Gasteiger partial charge in [-0.3, -0.25) is 4.90 Å². The molecule has 0 saturated heterocycles. The van der Waals surface area contributed by atoms with Crippen molar-refractivity contribution in [3.05, 3.63) is 0 Å². The zero-order valence-corrected chi connectivity index (χ0v) is 5.66. The molecule has 0 rings (SSSR count). The number of carboxylic acid groups (broad SMARTS) is 1. The van der Waals surface area contributed by atoms with Gasteiger partial charge in [-0.2, -0.15) is 0 Å². The average molecular weight is 132 g/mol. The molecule has 4 heteroatoms. The molecule has 54 valence electrons. The van der Waals surface area contributed by atoms with E-state index in [1.807, 2.05) is 6.92 Å². The van der Waals surface area contributed by atoms with Crippen molar-refractivity contribution in [1.29, 1.82) is 0 Å². The van der Waals surface area contributed by atoms with E-state index in [9.17, 15) is 4.79 Å². The lowest BCUT2D eigenvalue weighted by Gasteiger charge is -2.19. The third kappa shape index (κ3) is 2.32. The average Bonchev–Trinajstić information content (AvgIpc) is 1.84. The summed E-state index contributed by atoms with van der Waals surface area (Å²) in [6.45, 7) is 1.84. The second kappa shape index (κ2) is 3.29. The number of amides is 1. The van der Waals surface area contributed by atoms with Gasteiger partial charge in [0.1, 0.15) is 0 Å². The summed E-state index contributed by atoms with van der Waals surface area (Å²) in [7, 11) is 1.45. The zero-order valence-electron chi connectivity index (χ0n) is 5.66. The van der Waals surface area contributed by atoms with Gasteiger partial charge in [0.05, 0.1) is 6.17 Å². The highest BCUT2D eigenvalue weighted by atomic mass is 16.4. The molecular formula is C5H12N2O2. The van der Waals surface area contributed by atoms with Gasteiger partial charge in [-0.25, -0.2) is 4.79 Å². The van der Waals surface area contributed by atoms with Crippen molar-refractivity contribution >= 4 is 6.09 Å². The van der Waals surface area contributed by atoms with Crippen molar-refractivity contribution in [3.63, 3.8) is 0 Å². The van der Waals surface area contributed by atoms with Crippen molar-refractivity contribution in [3.8, 4) is 0 Å². The number of carbonyl (C=O) groups is 1. The van der Waals surface area contributed by atoms with Crippen LogP contribution in [0.25, 0.3) is 0 Å². The van der Waals surface area contributed by atoms with Gasteiger partial charge in [0.25, 0.3) is 0 Å². The molecule has 0 spiro atoms. The van der Waals surface area contributed by atoms with Crippen LogP contribution in [-0.4, -0.2) is 29.3 Å². The van der Waals surface area contributed by atoms with Crippen molar-refractivity contribution in [2.45, 2.75) is 19.5 Å². The summed E-state index contributed by atoms with van der Waals surface area (Å²) < 4.78 is 0. The molecular weight excluding hydrogens is 120 g/mol. The van der Waals surface area contributed by atoms with Crippen LogP contribution >= 0.6 is 0 Å². The van der Waals surface area contributed by atoms with E-state index in [1.165, 1.54) is 7.05 Å². The predicted octanol–water partition coefficient (Wildman–Crippen LogP) is 0.291. The third-order valence-corrected chi connectivity index (χ3v) is 1.22. The molecule has 3 N–H and O–H groups in total. The van der Waals surface area contributed by atoms with E-state index in [0.717, 1.165) is 4.90 Å². The molecule has 0 aromatic carbocycles. The molecule has 0 aromatic heterocycles. The Hall–Kier alpha value is -0.770. The smallest absolute Gasteiger partial charge is 0.408 e. The van der Waals surface area contributed by atoms with Crippen LogP contribution in [0.4, 0.5) is 4.79 Å². The third-order valence-electron chi connectivity index (χ3n) is 1.22. The maximum Gasteiger partial charge on any atom is 0.408 e. The number of nitrogens with two attached hydrogens (primary N) is 1. The summed E-state index contributed by atoms with van der Waals surface area (Å²) in [5.74, 6) is 0. The summed E-state index contributed by atoms with van der Waals surface area (Å²) in [5, 5.41) is 8.33. The Morgan fingerprint density at radius 1 is 1.89 bits per heavy atom. The fourth-order valence-electron chi connectivity index (χ4n) is 0.416. The van der Waals surface area contributed by atoms with Crippen LogP contribution in [-0.2, 0) is 0 Å². The molecule has 0 aliphatic carbocycles. The number of nitrogens with zero attached hydrogens (tertiary/aromatic N) is 1. The van der Waals surface area contributed by atoms with Crippen molar-refractivity contribution < 1.29 is 9.90 Å². The minimum atomic E-state index is -0.982. The number of hydrogen-bond donors (Lipinski definition) is 2. The lowest BCUT2D eigenvalue weighted by atomic mass is 10.4. The molecule has 0 fully saturated rings. The predicted molar refractivity (Wildman–Crippen MR) is 34.1 cm³/mol. The van der Waals surface area contributed by atoms with Crippen LogP contribution in [0.2, 0.25) is 0 Å². The highest BCUT2D eigenvalue weighted by Gasteiger charge is 2.10. The van der Waals surface area contributed by atoms with Crippen LogP contribution < -0.4 is 5.73 Å². The van der Waals surface area contributed by atoms with E-state index in [4.69, 9.17) is 10.8 Å². The summed E-state index contributed by atoms with van der Waals surface area (Å²) in [4.78, 5) is 11.2. The second-order valence-electron chi connectivity index (χ2n) is 1.87. The van der Waals surface area contributed by atoms with Crippen LogP contribution in [0.1, 0.15) is 13.3 Å². The molecule has 1 amide bonds. The van der Waals surface area contributed by atoms with Gasteiger partial charge < -0.3 is 10.8 Å². The number of rotatable bonds is 2. The highest BCUT2D eigenvalue weighted by molar-refractivity contribution is 5.64. The first-order valence-corrected chi connectivity index (χ1v) is 2.81. The normalized spacial score (nSPS) is 12.8. The fourth-order valence-corrected chi connectivity index (χ4v) is 0.416. The van der Waals surface area contributed by atoms with E-state index < -0.39 is 6.09 Å². The minimum absolute atomic E-state index is 0.373. The van der Waals surface area contributed by atoms with Gasteiger partial charge in [0.2, 0.25) is 0 Å². The molecule has 1 atom stereocenters. The van der Waals surface area contributed by atoms with E-state index in [-0.39, 0.29) is 6.17 Å². The standard InChI is InChI=1S/C5H12N2O2/c1-3-4(6)7(2)5(8)9/h4H,3,6H2,1-2H3,(H,8,9). The van der Waals surface area contributed by atoms with Crippen LogP contribution in [0.5, 0.6) is 0 Å². The maximum atomic E-state index is 10.1. The van der Waals surface area contributed by atoms with Gasteiger partial charge in [-0.05, 0) is 6.42 Å². The summed E-state index contributed by atoms with van der Waals surface area (Å²) >= 11 is 0. The minimum Gasteiger partial charge on any atom is -0.465 e. The first kappa shape index (κ1) is 8.23. The van der Waals surface area contributed by atoms with Crippen LogP contribution in [0.3, 0.4) is 0 Å². The molecule has 0 aliphatic heterocycles. The largest absolute Gasteiger partial charge is 0.465 e. The fraction of sp³-hybridized carbons (Fsp3) is 0.800. The van der Waals surface area contributed by atoms with Crippen LogP contribution in [0, 0.1) is 0 Å². The Labute approximate surface area is 54.3 Å². The van der Waals surface area contributed by atoms with Gasteiger partial charge in [-0.15, -0.1) is 0 Å². The Kier molecular flexibility index (Phi) is 3.01. The Morgan fingerprint density at radius 2 is 2.33 bits per heavy atom. The van der Waals surface area contributed by atoms with Crippen LogP contribution in [0.15, 0.2) is 0 Å². The van der Waals surface area contributed by atoms with Crippen molar-refractivity contribution in [2.75, 3.05) is 7.05 Å². The summed E-state index contributed by atoms with van der Waals surface area (Å²) in [5.41, 5.74) is 5.36. The molecule has 1 unspecified atom stereocenters. The Morgan fingerprint density at radius 3 is 2.44 bits per heavy atom. The topological polar surface area (TPSA) is 66.6 Å². The second-order valence-corrected chi connectivity index (χ2v) is 1.87. The molecule has 9 heavy (non-hydrogen) atoms. The van der Waals surface area contributed by atoms with E-state index in [2.05, 4.69) is 0 Å². The number of hydrogen-bond acceptors (Lipinski definition) is 2. The van der Waals surface area contributed by atoms with E-state index in [1.54, 1.807) is 0 Å². The summed E-state index contributed by atoms with van der Waals surface area (Å²) in [6, 6.07) is 0. The van der Waals surface area contributed by atoms with E-state index in [0.29, 0.717) is 6.42 Å².